The SMILES string of the molecule is CCCCCCCCCCCCCCCCCCCC(=O)OC[C@H](COP(=O)(O)OC[C@@H](O)COP(=O)(O)OC[C@@H](COC(=O)CCCCCCCCCC)OC(=O)CCCCCCCCCC(C)C)OC(=O)CCCCCCCCCCCCCCCCCC(C)C. The third-order valence-electron chi connectivity index (χ3n) is 17.2. The predicted molar refractivity (Wildman–Crippen MR) is 377 cm³/mol. The largest absolute Gasteiger partial charge is 0.472 e. The highest BCUT2D eigenvalue weighted by molar-refractivity contribution is 7.47. The molecule has 0 aliphatic heterocycles. The van der Waals surface area contributed by atoms with Crippen LogP contribution in [0.15, 0.2) is 0 Å². The minimum absolute atomic E-state index is 0.103. The van der Waals surface area contributed by atoms with Crippen molar-refractivity contribution in [3.63, 3.8) is 0 Å². The quantitative estimate of drug-likeness (QED) is 0.0222. The second kappa shape index (κ2) is 66.0. The highest BCUT2D eigenvalue weighted by atomic mass is 31.2. The van der Waals surface area contributed by atoms with E-state index in [1.165, 1.54) is 193 Å². The minimum Gasteiger partial charge on any atom is -0.462 e. The molecule has 93 heavy (non-hydrogen) atoms. The Kier molecular flexibility index (Phi) is 64.6. The summed E-state index contributed by atoms with van der Waals surface area (Å²) in [7, 11) is -9.90. The first kappa shape index (κ1) is 91.1. The Morgan fingerprint density at radius 2 is 0.495 bits per heavy atom. The molecule has 0 aliphatic rings. The molecule has 0 aliphatic carbocycles. The van der Waals surface area contributed by atoms with Crippen molar-refractivity contribution in [2.45, 2.75) is 400 Å². The van der Waals surface area contributed by atoms with Gasteiger partial charge < -0.3 is 33.8 Å². The molecule has 0 rings (SSSR count). The van der Waals surface area contributed by atoms with E-state index >= 15 is 0 Å². The molecule has 0 radical (unpaired) electrons. The maximum absolute atomic E-state index is 13.1. The standard InChI is InChI=1S/C74H144O17P2/c1-7-9-11-13-15-17-18-19-20-21-24-27-30-33-39-45-51-57-72(77)85-63-69(90-73(78)58-52-46-40-34-31-28-25-22-23-26-29-32-36-42-48-54-66(3)4)64-88-92(80,81)86-60-68(75)61-87-93(82,83)89-65-70(62-84-71(76)56-50-44-38-16-14-12-10-8-2)91-74(79)59-53-47-41-35-37-43-49-55-67(5)6/h66-70,75H,7-65H2,1-6H3,(H,80,81)(H,82,83)/t68-,69-,70-/m1/s1. The van der Waals surface area contributed by atoms with Crippen molar-refractivity contribution in [2.24, 2.45) is 11.8 Å². The molecule has 0 aromatic rings. The van der Waals surface area contributed by atoms with Gasteiger partial charge in [0.2, 0.25) is 0 Å². The van der Waals surface area contributed by atoms with Gasteiger partial charge >= 0.3 is 39.5 Å². The van der Waals surface area contributed by atoms with Crippen molar-refractivity contribution < 1.29 is 80.2 Å². The van der Waals surface area contributed by atoms with E-state index in [0.29, 0.717) is 31.6 Å². The molecule has 5 atom stereocenters. The number of phosphoric acid groups is 2. The van der Waals surface area contributed by atoms with Crippen LogP contribution in [0.3, 0.4) is 0 Å². The van der Waals surface area contributed by atoms with Crippen molar-refractivity contribution in [1.82, 2.24) is 0 Å². The average molecular weight is 1370 g/mol. The molecular weight excluding hydrogens is 1220 g/mol. The van der Waals surface area contributed by atoms with Gasteiger partial charge in [-0.1, -0.05) is 330 Å². The third kappa shape index (κ3) is 68.4. The van der Waals surface area contributed by atoms with Crippen molar-refractivity contribution in [1.29, 1.82) is 0 Å². The predicted octanol–water partition coefficient (Wildman–Crippen LogP) is 21.6. The Labute approximate surface area is 568 Å². The van der Waals surface area contributed by atoms with Gasteiger partial charge in [-0.05, 0) is 37.5 Å². The van der Waals surface area contributed by atoms with Gasteiger partial charge in [-0.2, -0.15) is 0 Å². The smallest absolute Gasteiger partial charge is 0.462 e. The summed E-state index contributed by atoms with van der Waals surface area (Å²) in [4.78, 5) is 72.6. The van der Waals surface area contributed by atoms with Crippen molar-refractivity contribution in [3.8, 4) is 0 Å². The van der Waals surface area contributed by atoms with Crippen LogP contribution in [0.25, 0.3) is 0 Å². The van der Waals surface area contributed by atoms with E-state index in [-0.39, 0.29) is 25.7 Å². The number of phosphoric ester groups is 2. The third-order valence-corrected chi connectivity index (χ3v) is 19.1. The number of carbonyl (C=O) groups is 4. The summed E-state index contributed by atoms with van der Waals surface area (Å²) in [6.45, 7) is 9.52. The summed E-state index contributed by atoms with van der Waals surface area (Å²) < 4.78 is 68.3. The topological polar surface area (TPSA) is 237 Å². The number of aliphatic hydroxyl groups is 1. The number of esters is 4. The first-order valence-corrected chi connectivity index (χ1v) is 41.5. The van der Waals surface area contributed by atoms with Crippen LogP contribution in [0, 0.1) is 11.8 Å². The fourth-order valence-electron chi connectivity index (χ4n) is 11.3. The van der Waals surface area contributed by atoms with Gasteiger partial charge in [0.05, 0.1) is 26.4 Å². The van der Waals surface area contributed by atoms with Gasteiger partial charge in [0.25, 0.3) is 0 Å². The zero-order chi connectivity index (χ0) is 68.6. The Hall–Kier alpha value is -1.94. The van der Waals surface area contributed by atoms with Crippen LogP contribution in [0.5, 0.6) is 0 Å². The number of carbonyl (C=O) groups excluding carboxylic acids is 4. The summed E-state index contributed by atoms with van der Waals surface area (Å²) in [5, 5.41) is 10.6. The fraction of sp³-hybridized carbons (Fsp3) is 0.946. The lowest BCUT2D eigenvalue weighted by Gasteiger charge is -2.21. The number of aliphatic hydroxyl groups excluding tert-OH is 1. The average Bonchev–Trinajstić information content (AvgIpc) is 1.93. The molecule has 19 heteroatoms. The van der Waals surface area contributed by atoms with E-state index in [1.54, 1.807) is 0 Å². The molecule has 552 valence electrons. The van der Waals surface area contributed by atoms with E-state index in [1.807, 2.05) is 0 Å². The van der Waals surface area contributed by atoms with Gasteiger partial charge in [-0.15, -0.1) is 0 Å². The van der Waals surface area contributed by atoms with Crippen LogP contribution >= 0.6 is 15.6 Å². The minimum atomic E-state index is -4.96. The normalized spacial score (nSPS) is 14.1. The highest BCUT2D eigenvalue weighted by Gasteiger charge is 2.30. The van der Waals surface area contributed by atoms with Gasteiger partial charge in [0.1, 0.15) is 19.3 Å². The highest BCUT2D eigenvalue weighted by Crippen LogP contribution is 2.45. The summed E-state index contributed by atoms with van der Waals surface area (Å²) in [6.07, 6.45) is 52.9. The maximum atomic E-state index is 13.1. The lowest BCUT2D eigenvalue weighted by Crippen LogP contribution is -2.30. The number of ether oxygens (including phenoxy) is 4. The van der Waals surface area contributed by atoms with E-state index < -0.39 is 97.5 Å². The molecule has 0 fully saturated rings. The van der Waals surface area contributed by atoms with Crippen LogP contribution in [0.4, 0.5) is 0 Å². The molecule has 0 saturated carbocycles. The van der Waals surface area contributed by atoms with Crippen molar-refractivity contribution >= 4 is 39.5 Å². The van der Waals surface area contributed by atoms with E-state index in [2.05, 4.69) is 41.5 Å². The Morgan fingerprint density at radius 1 is 0.290 bits per heavy atom. The van der Waals surface area contributed by atoms with Gasteiger partial charge in [0.15, 0.2) is 12.2 Å². The molecule has 0 bridgehead atoms. The van der Waals surface area contributed by atoms with Crippen LogP contribution < -0.4 is 0 Å². The Balaban J connectivity index is 5.19. The lowest BCUT2D eigenvalue weighted by molar-refractivity contribution is -0.161. The first-order valence-electron chi connectivity index (χ1n) is 38.5. The van der Waals surface area contributed by atoms with E-state index in [4.69, 9.17) is 37.0 Å². The molecule has 2 unspecified atom stereocenters. The van der Waals surface area contributed by atoms with E-state index in [0.717, 1.165) is 102 Å². The summed E-state index contributed by atoms with van der Waals surface area (Å²) in [5.74, 6) is -0.624. The second-order valence-electron chi connectivity index (χ2n) is 27.6. The first-order chi connectivity index (χ1) is 44.9. The van der Waals surface area contributed by atoms with Gasteiger partial charge in [-0.25, -0.2) is 9.13 Å². The van der Waals surface area contributed by atoms with Crippen LogP contribution in [0.1, 0.15) is 382 Å². The number of rotatable bonds is 73. The molecule has 0 spiro atoms. The van der Waals surface area contributed by atoms with Crippen molar-refractivity contribution in [2.75, 3.05) is 39.6 Å². The fourth-order valence-corrected chi connectivity index (χ4v) is 12.9. The number of hydrogen-bond acceptors (Lipinski definition) is 15. The lowest BCUT2D eigenvalue weighted by atomic mass is 10.0. The number of hydrogen-bond donors (Lipinski definition) is 3. The Morgan fingerprint density at radius 3 is 0.731 bits per heavy atom. The molecule has 0 aromatic carbocycles. The molecule has 0 saturated heterocycles. The second-order valence-corrected chi connectivity index (χ2v) is 30.5. The monoisotopic (exact) mass is 1370 g/mol. The summed E-state index contributed by atoms with van der Waals surface area (Å²) in [6, 6.07) is 0. The van der Waals surface area contributed by atoms with E-state index in [9.17, 15) is 43.2 Å². The summed E-state index contributed by atoms with van der Waals surface area (Å²) >= 11 is 0. The molecule has 17 nitrogen and oxygen atoms in total. The van der Waals surface area contributed by atoms with Gasteiger partial charge in [0, 0.05) is 25.7 Å². The van der Waals surface area contributed by atoms with Crippen LogP contribution in [-0.2, 0) is 65.4 Å². The van der Waals surface area contributed by atoms with Crippen LogP contribution in [0.2, 0.25) is 0 Å². The number of unbranched alkanes of at least 4 members (excludes halogenated alkanes) is 43. The summed E-state index contributed by atoms with van der Waals surface area (Å²) in [5.41, 5.74) is 0. The zero-order valence-electron chi connectivity index (χ0n) is 60.6. The molecule has 3 N–H and O–H groups in total. The zero-order valence-corrected chi connectivity index (χ0v) is 62.3. The maximum Gasteiger partial charge on any atom is 0.472 e. The van der Waals surface area contributed by atoms with Gasteiger partial charge in [-0.3, -0.25) is 37.3 Å². The molecule has 0 amide bonds. The molecular formula is C74H144O17P2. The van der Waals surface area contributed by atoms with Crippen LogP contribution in [-0.4, -0.2) is 96.7 Å². The molecule has 0 aromatic heterocycles. The Bertz CT molecular complexity index is 1800. The molecule has 0 heterocycles. The van der Waals surface area contributed by atoms with Crippen molar-refractivity contribution in [3.05, 3.63) is 0 Å².